The number of hydrogen-bond acceptors (Lipinski definition) is 2. The molecule has 0 amide bonds. The molecule has 0 aliphatic rings. The largest absolute Gasteiger partial charge is 0.481 e. The van der Waals surface area contributed by atoms with Crippen molar-refractivity contribution >= 4 is 11.9 Å². The maximum absolute atomic E-state index is 11.6. The highest BCUT2D eigenvalue weighted by molar-refractivity contribution is 5.69. The van der Waals surface area contributed by atoms with E-state index in [2.05, 4.69) is 32.9 Å². The van der Waals surface area contributed by atoms with Crippen molar-refractivity contribution in [2.45, 2.75) is 316 Å². The van der Waals surface area contributed by atoms with Gasteiger partial charge >= 0.3 is 11.9 Å². The molecule has 0 aliphatic heterocycles. The summed E-state index contributed by atoms with van der Waals surface area (Å²) in [5.41, 5.74) is 0. The minimum Gasteiger partial charge on any atom is -0.481 e. The molecule has 1 atom stereocenters. The van der Waals surface area contributed by atoms with E-state index in [0.717, 1.165) is 38.5 Å². The number of aliphatic carboxylic acids is 2. The van der Waals surface area contributed by atoms with Gasteiger partial charge in [0.15, 0.2) is 0 Å². The van der Waals surface area contributed by atoms with Gasteiger partial charge in [0.25, 0.3) is 0 Å². The van der Waals surface area contributed by atoms with Crippen LogP contribution in [0.3, 0.4) is 0 Å². The van der Waals surface area contributed by atoms with Crippen LogP contribution in [0, 0.1) is 5.92 Å². The van der Waals surface area contributed by atoms with Crippen LogP contribution in [0.5, 0.6) is 0 Å². The molecule has 0 saturated carbocycles. The monoisotopic (exact) mass is 819 g/mol. The number of carboxylic acids is 2. The molecular weight excluding hydrogens is 713 g/mol. The molecule has 0 aliphatic carbocycles. The second-order valence-corrected chi connectivity index (χ2v) is 18.2. The van der Waals surface area contributed by atoms with Crippen molar-refractivity contribution in [3.8, 4) is 0 Å². The summed E-state index contributed by atoms with van der Waals surface area (Å²) in [6.07, 6.45) is 64.1. The average Bonchev–Trinajstić information content (AvgIpc) is 3.21. The number of carboxylic acid groups (broad SMARTS) is 2. The Morgan fingerprint density at radius 1 is 0.328 bits per heavy atom. The van der Waals surface area contributed by atoms with Gasteiger partial charge < -0.3 is 10.2 Å². The first-order chi connectivity index (χ1) is 28.5. The van der Waals surface area contributed by atoms with Gasteiger partial charge in [-0.15, -0.1) is 0 Å². The normalized spacial score (nSPS) is 11.9. The van der Waals surface area contributed by atoms with E-state index in [1.807, 2.05) is 0 Å². The van der Waals surface area contributed by atoms with Crippen LogP contribution in [0.25, 0.3) is 0 Å². The fourth-order valence-electron chi connectivity index (χ4n) is 8.26. The van der Waals surface area contributed by atoms with Crippen LogP contribution in [0.15, 0.2) is 12.2 Å². The van der Waals surface area contributed by atoms with E-state index in [0.29, 0.717) is 6.42 Å². The second kappa shape index (κ2) is 53.7. The van der Waals surface area contributed by atoms with Crippen LogP contribution >= 0.6 is 0 Å². The summed E-state index contributed by atoms with van der Waals surface area (Å²) in [4.78, 5) is 22.0. The van der Waals surface area contributed by atoms with Crippen LogP contribution in [0.4, 0.5) is 0 Å². The summed E-state index contributed by atoms with van der Waals surface area (Å²) in [5, 5.41) is 18.1. The molecule has 0 aromatic heterocycles. The van der Waals surface area contributed by atoms with E-state index in [-0.39, 0.29) is 5.92 Å². The third-order valence-electron chi connectivity index (χ3n) is 12.3. The molecule has 4 heteroatoms. The van der Waals surface area contributed by atoms with Gasteiger partial charge in [-0.3, -0.25) is 9.59 Å². The first-order valence-corrected chi connectivity index (χ1v) is 26.6. The van der Waals surface area contributed by atoms with Crippen molar-refractivity contribution in [3.05, 3.63) is 12.2 Å². The predicted molar refractivity (Wildman–Crippen MR) is 257 cm³/mol. The fourth-order valence-corrected chi connectivity index (χ4v) is 8.26. The highest BCUT2D eigenvalue weighted by atomic mass is 16.4. The first kappa shape index (κ1) is 58.8. The van der Waals surface area contributed by atoms with Crippen molar-refractivity contribution < 1.29 is 19.8 Å². The van der Waals surface area contributed by atoms with Crippen molar-refractivity contribution in [2.24, 2.45) is 5.92 Å². The Kier molecular flexibility index (Phi) is 54.4. The maximum atomic E-state index is 11.6. The fraction of sp³-hybridized carbons (Fsp3) is 0.926. The second-order valence-electron chi connectivity index (χ2n) is 18.2. The molecule has 0 spiro atoms. The SMILES string of the molecule is CCCCCCCC/C=C\CCCCCCCCC(CCCCCCCCCCCCCCCC)C(=O)O.CCCCCCCCCCCCCCCCCC(=O)O. The molecule has 58 heavy (non-hydrogen) atoms. The average molecular weight is 819 g/mol. The van der Waals surface area contributed by atoms with Crippen molar-refractivity contribution in [1.29, 1.82) is 0 Å². The Labute approximate surface area is 364 Å². The molecule has 0 aromatic rings. The molecule has 4 nitrogen and oxygen atoms in total. The van der Waals surface area contributed by atoms with Gasteiger partial charge in [0, 0.05) is 6.42 Å². The molecule has 0 radical (unpaired) electrons. The molecule has 1 unspecified atom stereocenters. The van der Waals surface area contributed by atoms with Gasteiger partial charge in [0.1, 0.15) is 0 Å². The molecular formula is C54H106O4. The predicted octanol–water partition coefficient (Wildman–Crippen LogP) is 19.3. The van der Waals surface area contributed by atoms with Crippen LogP contribution in [-0.2, 0) is 9.59 Å². The number of unbranched alkanes of at least 4 members (excludes halogenated alkanes) is 39. The number of allylic oxidation sites excluding steroid dienone is 2. The third-order valence-corrected chi connectivity index (χ3v) is 12.3. The molecule has 346 valence electrons. The Bertz CT molecular complexity index is 807. The topological polar surface area (TPSA) is 74.6 Å². The minimum absolute atomic E-state index is 0.107. The number of hydrogen-bond donors (Lipinski definition) is 2. The van der Waals surface area contributed by atoms with Gasteiger partial charge in [-0.2, -0.15) is 0 Å². The summed E-state index contributed by atoms with van der Waals surface area (Å²) >= 11 is 0. The van der Waals surface area contributed by atoms with Crippen LogP contribution in [0.2, 0.25) is 0 Å². The standard InChI is InChI=1S/C36H70O2.C18H36O2/c1-3-5-7-9-11-13-15-17-19-20-22-24-26-28-30-32-34-35(36(37)38)33-31-29-27-25-23-21-18-16-14-12-10-8-6-4-2;1-2-3-4-5-6-7-8-9-10-11-12-13-14-15-16-17-18(19)20/h17,19,35H,3-16,18,20-34H2,1-2H3,(H,37,38);2-17H2,1H3,(H,19,20)/b19-17-;. The highest BCUT2D eigenvalue weighted by Crippen LogP contribution is 2.21. The molecule has 0 saturated heterocycles. The maximum Gasteiger partial charge on any atom is 0.306 e. The third kappa shape index (κ3) is 54.7. The van der Waals surface area contributed by atoms with Gasteiger partial charge in [-0.1, -0.05) is 277 Å². The smallest absolute Gasteiger partial charge is 0.306 e. The quantitative estimate of drug-likeness (QED) is 0.0474. The summed E-state index contributed by atoms with van der Waals surface area (Å²) < 4.78 is 0. The van der Waals surface area contributed by atoms with Gasteiger partial charge in [-0.05, 0) is 44.9 Å². The lowest BCUT2D eigenvalue weighted by Gasteiger charge is -2.12. The number of rotatable bonds is 48. The summed E-state index contributed by atoms with van der Waals surface area (Å²) in [6.45, 7) is 6.83. The zero-order valence-electron chi connectivity index (χ0n) is 40.0. The molecule has 0 rings (SSSR count). The molecule has 0 bridgehead atoms. The van der Waals surface area contributed by atoms with Gasteiger partial charge in [0.2, 0.25) is 0 Å². The Morgan fingerprint density at radius 3 is 0.793 bits per heavy atom. The summed E-state index contributed by atoms with van der Waals surface area (Å²) in [7, 11) is 0. The Morgan fingerprint density at radius 2 is 0.552 bits per heavy atom. The zero-order valence-corrected chi connectivity index (χ0v) is 40.0. The summed E-state index contributed by atoms with van der Waals surface area (Å²) in [6, 6.07) is 0. The van der Waals surface area contributed by atoms with Crippen molar-refractivity contribution in [2.75, 3.05) is 0 Å². The minimum atomic E-state index is -0.653. The van der Waals surface area contributed by atoms with E-state index >= 15 is 0 Å². The lowest BCUT2D eigenvalue weighted by atomic mass is 9.94. The van der Waals surface area contributed by atoms with E-state index in [4.69, 9.17) is 5.11 Å². The van der Waals surface area contributed by atoms with Crippen LogP contribution in [0.1, 0.15) is 316 Å². The molecule has 0 fully saturated rings. The Hall–Kier alpha value is -1.32. The van der Waals surface area contributed by atoms with Crippen LogP contribution < -0.4 is 0 Å². The van der Waals surface area contributed by atoms with Gasteiger partial charge in [-0.25, -0.2) is 0 Å². The van der Waals surface area contributed by atoms with E-state index in [1.54, 1.807) is 0 Å². The highest BCUT2D eigenvalue weighted by Gasteiger charge is 2.16. The van der Waals surface area contributed by atoms with Gasteiger partial charge in [0.05, 0.1) is 5.92 Å². The zero-order chi connectivity index (χ0) is 42.7. The van der Waals surface area contributed by atoms with E-state index in [1.165, 1.54) is 250 Å². The summed E-state index contributed by atoms with van der Waals surface area (Å²) in [5.74, 6) is -1.32. The molecule has 2 N–H and O–H groups in total. The van der Waals surface area contributed by atoms with Crippen molar-refractivity contribution in [3.63, 3.8) is 0 Å². The van der Waals surface area contributed by atoms with Crippen molar-refractivity contribution in [1.82, 2.24) is 0 Å². The number of carbonyl (C=O) groups is 2. The Balaban J connectivity index is 0. The van der Waals surface area contributed by atoms with Crippen LogP contribution in [-0.4, -0.2) is 22.2 Å². The van der Waals surface area contributed by atoms with E-state index < -0.39 is 11.9 Å². The lowest BCUT2D eigenvalue weighted by molar-refractivity contribution is -0.142. The molecule has 0 aromatic carbocycles. The lowest BCUT2D eigenvalue weighted by Crippen LogP contribution is -2.13. The first-order valence-electron chi connectivity index (χ1n) is 26.6. The molecule has 0 heterocycles. The van der Waals surface area contributed by atoms with E-state index in [9.17, 15) is 14.7 Å².